The molecule has 0 aliphatic carbocycles. The zero-order chi connectivity index (χ0) is 15.9. The lowest BCUT2D eigenvalue weighted by atomic mass is 10.0. The normalized spacial score (nSPS) is 10.7. The van der Waals surface area contributed by atoms with Crippen molar-refractivity contribution in [3.05, 3.63) is 107 Å². The maximum Gasteiger partial charge on any atom is 0.100 e. The van der Waals surface area contributed by atoms with Gasteiger partial charge in [-0.15, -0.1) is 5.10 Å². The molecule has 3 aromatic rings. The molecule has 0 N–H and O–H groups in total. The third-order valence-electron chi connectivity index (χ3n) is 3.64. The second-order valence-corrected chi connectivity index (χ2v) is 5.28. The third-order valence-corrected chi connectivity index (χ3v) is 3.64. The van der Waals surface area contributed by atoms with Crippen LogP contribution in [0.2, 0.25) is 0 Å². The summed E-state index contributed by atoms with van der Waals surface area (Å²) in [7, 11) is 0. The summed E-state index contributed by atoms with van der Waals surface area (Å²) in [6.45, 7) is 2.07. The molecule has 0 unspecified atom stereocenters. The first-order chi connectivity index (χ1) is 11.3. The molecule has 0 amide bonds. The molecule has 23 heavy (non-hydrogen) atoms. The maximum absolute atomic E-state index is 4.49. The highest BCUT2D eigenvalue weighted by Gasteiger charge is 2.05. The van der Waals surface area contributed by atoms with Crippen LogP contribution in [0.4, 0.5) is 0 Å². The van der Waals surface area contributed by atoms with Crippen LogP contribution in [-0.4, -0.2) is 11.9 Å². The zero-order valence-corrected chi connectivity index (χ0v) is 13.1. The first kappa shape index (κ1) is 14.9. The van der Waals surface area contributed by atoms with E-state index in [1.54, 1.807) is 6.21 Å². The minimum absolute atomic E-state index is 0.871. The van der Waals surface area contributed by atoms with Crippen LogP contribution >= 0.6 is 0 Å². The zero-order valence-electron chi connectivity index (χ0n) is 13.1. The SMILES string of the molecule is Cc1ccccc1C=NN=C(c1ccccc1)c1ccccc1. The number of rotatable bonds is 4. The molecule has 2 heteroatoms. The highest BCUT2D eigenvalue weighted by atomic mass is 15.2. The molecule has 0 saturated carbocycles. The van der Waals surface area contributed by atoms with Crippen LogP contribution in [0, 0.1) is 6.92 Å². The number of benzene rings is 3. The molecule has 0 aromatic heterocycles. The van der Waals surface area contributed by atoms with E-state index in [1.807, 2.05) is 54.6 Å². The molecule has 0 radical (unpaired) electrons. The summed E-state index contributed by atoms with van der Waals surface area (Å²) in [5.74, 6) is 0. The van der Waals surface area contributed by atoms with E-state index in [2.05, 4.69) is 47.5 Å². The second kappa shape index (κ2) is 7.32. The van der Waals surface area contributed by atoms with Gasteiger partial charge in [0, 0.05) is 11.1 Å². The van der Waals surface area contributed by atoms with Gasteiger partial charge in [-0.05, 0) is 18.1 Å². The molecule has 0 aliphatic rings. The summed E-state index contributed by atoms with van der Waals surface area (Å²) in [5.41, 5.74) is 5.25. The molecule has 0 heterocycles. The Morgan fingerprint density at radius 2 is 1.22 bits per heavy atom. The van der Waals surface area contributed by atoms with Gasteiger partial charge in [0.25, 0.3) is 0 Å². The molecule has 0 bridgehead atoms. The Hall–Kier alpha value is -3.00. The number of aryl methyl sites for hydroxylation is 1. The van der Waals surface area contributed by atoms with Crippen LogP contribution in [0.25, 0.3) is 0 Å². The van der Waals surface area contributed by atoms with E-state index in [1.165, 1.54) is 5.56 Å². The van der Waals surface area contributed by atoms with Crippen molar-refractivity contribution in [2.24, 2.45) is 10.2 Å². The van der Waals surface area contributed by atoms with Crippen molar-refractivity contribution < 1.29 is 0 Å². The number of hydrogen-bond donors (Lipinski definition) is 0. The van der Waals surface area contributed by atoms with Crippen molar-refractivity contribution in [2.75, 3.05) is 0 Å². The predicted molar refractivity (Wildman–Crippen MR) is 97.3 cm³/mol. The van der Waals surface area contributed by atoms with Gasteiger partial charge in [0.1, 0.15) is 5.71 Å². The molecule has 0 aliphatic heterocycles. The molecule has 3 rings (SSSR count). The summed E-state index contributed by atoms with van der Waals surface area (Å²) in [6, 6.07) is 28.4. The maximum atomic E-state index is 4.49. The Morgan fingerprint density at radius 1 is 0.696 bits per heavy atom. The minimum Gasteiger partial charge on any atom is -0.158 e. The molecular formula is C21H18N2. The van der Waals surface area contributed by atoms with Crippen LogP contribution in [0.15, 0.2) is 95.1 Å². The number of nitrogens with zero attached hydrogens (tertiary/aromatic N) is 2. The third kappa shape index (κ3) is 3.80. The van der Waals surface area contributed by atoms with Crippen LogP contribution in [0.5, 0.6) is 0 Å². The molecule has 0 fully saturated rings. The van der Waals surface area contributed by atoms with E-state index in [-0.39, 0.29) is 0 Å². The first-order valence-electron chi connectivity index (χ1n) is 7.62. The lowest BCUT2D eigenvalue weighted by Gasteiger charge is -2.05. The van der Waals surface area contributed by atoms with Gasteiger partial charge in [-0.2, -0.15) is 5.10 Å². The Labute approximate surface area is 136 Å². The minimum atomic E-state index is 0.871. The van der Waals surface area contributed by atoms with Gasteiger partial charge in [0.2, 0.25) is 0 Å². The largest absolute Gasteiger partial charge is 0.158 e. The Bertz CT molecular complexity index is 777. The summed E-state index contributed by atoms with van der Waals surface area (Å²) >= 11 is 0. The molecular weight excluding hydrogens is 280 g/mol. The van der Waals surface area contributed by atoms with E-state index < -0.39 is 0 Å². The Balaban J connectivity index is 1.97. The summed E-state index contributed by atoms with van der Waals surface area (Å²) < 4.78 is 0. The highest BCUT2D eigenvalue weighted by molar-refractivity contribution is 6.12. The lowest BCUT2D eigenvalue weighted by molar-refractivity contribution is 1.24. The van der Waals surface area contributed by atoms with E-state index in [0.717, 1.165) is 22.4 Å². The first-order valence-corrected chi connectivity index (χ1v) is 7.62. The average molecular weight is 298 g/mol. The van der Waals surface area contributed by atoms with Gasteiger partial charge in [-0.1, -0.05) is 84.9 Å². The van der Waals surface area contributed by atoms with Crippen molar-refractivity contribution in [1.82, 2.24) is 0 Å². The highest BCUT2D eigenvalue weighted by Crippen LogP contribution is 2.11. The average Bonchev–Trinajstić information content (AvgIpc) is 2.62. The molecule has 112 valence electrons. The van der Waals surface area contributed by atoms with Crippen LogP contribution in [0.1, 0.15) is 22.3 Å². The van der Waals surface area contributed by atoms with Gasteiger partial charge in [-0.3, -0.25) is 0 Å². The molecule has 2 nitrogen and oxygen atoms in total. The summed E-state index contributed by atoms with van der Waals surface area (Å²) in [6.07, 6.45) is 1.81. The topological polar surface area (TPSA) is 24.7 Å². The summed E-state index contributed by atoms with van der Waals surface area (Å²) in [4.78, 5) is 0. The molecule has 0 saturated heterocycles. The molecule has 3 aromatic carbocycles. The van der Waals surface area contributed by atoms with Crippen molar-refractivity contribution in [3.8, 4) is 0 Å². The van der Waals surface area contributed by atoms with E-state index in [9.17, 15) is 0 Å². The molecule has 0 spiro atoms. The van der Waals surface area contributed by atoms with Crippen molar-refractivity contribution in [3.63, 3.8) is 0 Å². The quantitative estimate of drug-likeness (QED) is 0.485. The van der Waals surface area contributed by atoms with E-state index in [4.69, 9.17) is 0 Å². The van der Waals surface area contributed by atoms with Crippen LogP contribution in [-0.2, 0) is 0 Å². The van der Waals surface area contributed by atoms with E-state index in [0.29, 0.717) is 0 Å². The Morgan fingerprint density at radius 3 is 1.78 bits per heavy atom. The van der Waals surface area contributed by atoms with Gasteiger partial charge in [0.05, 0.1) is 6.21 Å². The molecule has 0 atom stereocenters. The van der Waals surface area contributed by atoms with Crippen molar-refractivity contribution >= 4 is 11.9 Å². The smallest absolute Gasteiger partial charge is 0.100 e. The number of hydrogen-bond acceptors (Lipinski definition) is 2. The second-order valence-electron chi connectivity index (χ2n) is 5.28. The predicted octanol–water partition coefficient (Wildman–Crippen LogP) is 4.87. The van der Waals surface area contributed by atoms with Gasteiger partial charge < -0.3 is 0 Å². The summed E-state index contributed by atoms with van der Waals surface area (Å²) in [5, 5.41) is 8.81. The van der Waals surface area contributed by atoms with Crippen LogP contribution in [0.3, 0.4) is 0 Å². The fraction of sp³-hybridized carbons (Fsp3) is 0.0476. The monoisotopic (exact) mass is 298 g/mol. The van der Waals surface area contributed by atoms with Crippen molar-refractivity contribution in [1.29, 1.82) is 0 Å². The standard InChI is InChI=1S/C21H18N2/c1-17-10-8-9-15-20(17)16-22-23-21(18-11-4-2-5-12-18)19-13-6-3-7-14-19/h2-16H,1H3. The fourth-order valence-electron chi connectivity index (χ4n) is 2.35. The van der Waals surface area contributed by atoms with Gasteiger partial charge in [-0.25, -0.2) is 0 Å². The van der Waals surface area contributed by atoms with Crippen LogP contribution < -0.4 is 0 Å². The Kier molecular flexibility index (Phi) is 4.75. The van der Waals surface area contributed by atoms with Gasteiger partial charge >= 0.3 is 0 Å². The van der Waals surface area contributed by atoms with Gasteiger partial charge in [0.15, 0.2) is 0 Å². The lowest BCUT2D eigenvalue weighted by Crippen LogP contribution is -2.02. The van der Waals surface area contributed by atoms with Crippen molar-refractivity contribution in [2.45, 2.75) is 6.92 Å². The van der Waals surface area contributed by atoms with E-state index >= 15 is 0 Å². The fourth-order valence-corrected chi connectivity index (χ4v) is 2.35.